The topological polar surface area (TPSA) is 92.8 Å². The Morgan fingerprint density at radius 2 is 1.60 bits per heavy atom. The first-order valence-corrected chi connectivity index (χ1v) is 10.8. The summed E-state index contributed by atoms with van der Waals surface area (Å²) >= 11 is 0. The van der Waals surface area contributed by atoms with Crippen molar-refractivity contribution >= 4 is 23.7 Å². The zero-order valence-electron chi connectivity index (χ0n) is 16.9. The molecule has 1 N–H and O–H groups in total. The zero-order chi connectivity index (χ0) is 20.9. The number of amides is 3. The summed E-state index contributed by atoms with van der Waals surface area (Å²) in [5.41, 5.74) is 0.831. The van der Waals surface area contributed by atoms with E-state index in [2.05, 4.69) is 5.32 Å². The SMILES string of the molecule is O=C(OCC(=O)C12CC3CC(CC(C3)C1)C2)c1ccc(CN2C(=O)CNC2=O)cc1. The minimum atomic E-state index is -0.519. The first-order valence-electron chi connectivity index (χ1n) is 10.8. The number of esters is 1. The molecule has 4 saturated carbocycles. The van der Waals surface area contributed by atoms with Crippen LogP contribution in [0.15, 0.2) is 24.3 Å². The first kappa shape index (κ1) is 19.3. The molecule has 30 heavy (non-hydrogen) atoms. The normalized spacial score (nSPS) is 31.7. The van der Waals surface area contributed by atoms with Crippen LogP contribution in [-0.4, -0.2) is 41.7 Å². The van der Waals surface area contributed by atoms with E-state index in [9.17, 15) is 19.2 Å². The molecule has 7 heteroatoms. The summed E-state index contributed by atoms with van der Waals surface area (Å²) in [6.07, 6.45) is 6.70. The lowest BCUT2D eigenvalue weighted by atomic mass is 9.48. The monoisotopic (exact) mass is 410 g/mol. The third-order valence-corrected chi connectivity index (χ3v) is 7.43. The lowest BCUT2D eigenvalue weighted by molar-refractivity contribution is -0.147. The molecule has 4 aliphatic carbocycles. The van der Waals surface area contributed by atoms with Gasteiger partial charge in [-0.15, -0.1) is 0 Å². The van der Waals surface area contributed by atoms with Crippen molar-refractivity contribution in [1.29, 1.82) is 0 Å². The second kappa shape index (κ2) is 7.22. The maximum absolute atomic E-state index is 13.0. The fourth-order valence-corrected chi connectivity index (χ4v) is 6.36. The van der Waals surface area contributed by atoms with Crippen molar-refractivity contribution in [2.75, 3.05) is 13.2 Å². The lowest BCUT2D eigenvalue weighted by Crippen LogP contribution is -2.51. The number of rotatable bonds is 6. The average molecular weight is 410 g/mol. The van der Waals surface area contributed by atoms with Gasteiger partial charge in [0.2, 0.25) is 5.91 Å². The second-order valence-corrected chi connectivity index (χ2v) is 9.53. The predicted octanol–water partition coefficient (Wildman–Crippen LogP) is 2.68. The summed E-state index contributed by atoms with van der Waals surface area (Å²) in [6.45, 7) is 0.0146. The molecule has 6 rings (SSSR count). The number of hydrogen-bond donors (Lipinski definition) is 1. The van der Waals surface area contributed by atoms with E-state index in [0.29, 0.717) is 23.3 Å². The van der Waals surface area contributed by atoms with Crippen LogP contribution in [0.5, 0.6) is 0 Å². The number of hydrogen-bond acceptors (Lipinski definition) is 5. The molecule has 3 amide bonds. The fraction of sp³-hybridized carbons (Fsp3) is 0.565. The fourth-order valence-electron chi connectivity index (χ4n) is 6.36. The van der Waals surface area contributed by atoms with Crippen LogP contribution in [0, 0.1) is 23.2 Å². The van der Waals surface area contributed by atoms with Gasteiger partial charge in [-0.3, -0.25) is 14.5 Å². The number of benzene rings is 1. The van der Waals surface area contributed by atoms with Gasteiger partial charge in [-0.25, -0.2) is 9.59 Å². The standard InChI is InChI=1S/C23H26N2O5/c26-19(23-8-15-5-16(9-23)7-17(6-15)10-23)13-30-21(28)18-3-1-14(2-4-18)12-25-20(27)11-24-22(25)29/h1-4,15-17H,5-13H2,(H,24,29). The summed E-state index contributed by atoms with van der Waals surface area (Å²) in [5.74, 6) is 1.32. The molecule has 1 aromatic rings. The Kier molecular flexibility index (Phi) is 4.64. The molecule has 4 bridgehead atoms. The molecule has 0 atom stereocenters. The van der Waals surface area contributed by atoms with Crippen molar-refractivity contribution in [3.63, 3.8) is 0 Å². The lowest BCUT2D eigenvalue weighted by Gasteiger charge is -2.55. The van der Waals surface area contributed by atoms with Crippen molar-refractivity contribution in [1.82, 2.24) is 10.2 Å². The van der Waals surface area contributed by atoms with Gasteiger partial charge in [-0.05, 0) is 74.0 Å². The highest BCUT2D eigenvalue weighted by Gasteiger charge is 2.54. The number of Topliss-reactive ketones (excluding diaryl/α,β-unsaturated/α-hetero) is 1. The minimum Gasteiger partial charge on any atom is -0.454 e. The van der Waals surface area contributed by atoms with Crippen molar-refractivity contribution in [2.24, 2.45) is 23.2 Å². The molecular formula is C23H26N2O5. The molecule has 1 heterocycles. The molecule has 0 unspecified atom stereocenters. The van der Waals surface area contributed by atoms with Gasteiger partial charge in [0.1, 0.15) is 0 Å². The number of carbonyl (C=O) groups excluding carboxylic acids is 4. The summed E-state index contributed by atoms with van der Waals surface area (Å²) in [5, 5.41) is 2.47. The average Bonchev–Trinajstić information content (AvgIpc) is 3.03. The molecule has 0 spiro atoms. The van der Waals surface area contributed by atoms with E-state index >= 15 is 0 Å². The van der Waals surface area contributed by atoms with Crippen LogP contribution in [0.3, 0.4) is 0 Å². The molecule has 1 saturated heterocycles. The van der Waals surface area contributed by atoms with Crippen LogP contribution < -0.4 is 5.32 Å². The number of nitrogens with zero attached hydrogens (tertiary/aromatic N) is 1. The third kappa shape index (κ3) is 3.40. The van der Waals surface area contributed by atoms with E-state index in [1.807, 2.05) is 0 Å². The van der Waals surface area contributed by atoms with E-state index in [1.165, 1.54) is 19.3 Å². The van der Waals surface area contributed by atoms with Crippen LogP contribution in [0.4, 0.5) is 4.79 Å². The van der Waals surface area contributed by atoms with Crippen LogP contribution in [0.1, 0.15) is 54.4 Å². The second-order valence-electron chi connectivity index (χ2n) is 9.53. The highest BCUT2D eigenvalue weighted by molar-refractivity contribution is 6.01. The molecule has 0 radical (unpaired) electrons. The van der Waals surface area contributed by atoms with Crippen molar-refractivity contribution in [3.8, 4) is 0 Å². The summed E-state index contributed by atoms with van der Waals surface area (Å²) < 4.78 is 5.37. The van der Waals surface area contributed by atoms with E-state index in [1.54, 1.807) is 24.3 Å². The molecule has 1 aromatic carbocycles. The molecule has 158 valence electrons. The molecule has 5 aliphatic rings. The Labute approximate surface area is 175 Å². The van der Waals surface area contributed by atoms with Gasteiger partial charge in [0.25, 0.3) is 0 Å². The number of ketones is 1. The van der Waals surface area contributed by atoms with Gasteiger partial charge in [-0.2, -0.15) is 0 Å². The predicted molar refractivity (Wildman–Crippen MR) is 106 cm³/mol. The van der Waals surface area contributed by atoms with Gasteiger partial charge in [-0.1, -0.05) is 12.1 Å². The number of imide groups is 1. The number of ether oxygens (including phenoxy) is 1. The number of nitrogens with one attached hydrogen (secondary N) is 1. The zero-order valence-corrected chi connectivity index (χ0v) is 16.9. The van der Waals surface area contributed by atoms with Gasteiger partial charge in [0.15, 0.2) is 12.4 Å². The smallest absolute Gasteiger partial charge is 0.338 e. The maximum Gasteiger partial charge on any atom is 0.338 e. The maximum atomic E-state index is 13.0. The third-order valence-electron chi connectivity index (χ3n) is 7.43. The molecule has 7 nitrogen and oxygen atoms in total. The first-order chi connectivity index (χ1) is 14.4. The van der Waals surface area contributed by atoms with Crippen molar-refractivity contribution in [3.05, 3.63) is 35.4 Å². The Morgan fingerprint density at radius 3 is 2.13 bits per heavy atom. The molecule has 0 aromatic heterocycles. The quantitative estimate of drug-likeness (QED) is 0.575. The molecular weight excluding hydrogens is 384 g/mol. The van der Waals surface area contributed by atoms with E-state index < -0.39 is 12.0 Å². The van der Waals surface area contributed by atoms with E-state index in [0.717, 1.165) is 29.7 Å². The Hall–Kier alpha value is -2.70. The Balaban J connectivity index is 1.17. The van der Waals surface area contributed by atoms with Gasteiger partial charge < -0.3 is 10.1 Å². The van der Waals surface area contributed by atoms with E-state index in [4.69, 9.17) is 4.74 Å². The van der Waals surface area contributed by atoms with Gasteiger partial charge >= 0.3 is 12.0 Å². The summed E-state index contributed by atoms with van der Waals surface area (Å²) in [4.78, 5) is 49.9. The number of carbonyl (C=O) groups is 4. The van der Waals surface area contributed by atoms with Crippen LogP contribution in [0.2, 0.25) is 0 Å². The highest BCUT2D eigenvalue weighted by Crippen LogP contribution is 2.60. The number of urea groups is 1. The van der Waals surface area contributed by atoms with Crippen LogP contribution in [-0.2, 0) is 20.9 Å². The van der Waals surface area contributed by atoms with Crippen LogP contribution >= 0.6 is 0 Å². The highest BCUT2D eigenvalue weighted by atomic mass is 16.5. The van der Waals surface area contributed by atoms with Crippen molar-refractivity contribution < 1.29 is 23.9 Å². The van der Waals surface area contributed by atoms with Gasteiger partial charge in [0.05, 0.1) is 18.7 Å². The van der Waals surface area contributed by atoms with Crippen LogP contribution in [0.25, 0.3) is 0 Å². The summed E-state index contributed by atoms with van der Waals surface area (Å²) in [7, 11) is 0. The summed E-state index contributed by atoms with van der Waals surface area (Å²) in [6, 6.07) is 6.18. The van der Waals surface area contributed by atoms with E-state index in [-0.39, 0.29) is 36.8 Å². The Morgan fingerprint density at radius 1 is 1.00 bits per heavy atom. The van der Waals surface area contributed by atoms with Crippen molar-refractivity contribution in [2.45, 2.75) is 45.1 Å². The van der Waals surface area contributed by atoms with Gasteiger partial charge in [0, 0.05) is 5.41 Å². The molecule has 1 aliphatic heterocycles. The minimum absolute atomic E-state index is 0.0149. The molecule has 5 fully saturated rings. The largest absolute Gasteiger partial charge is 0.454 e. The Bertz CT molecular complexity index is 855.